The fraction of sp³-hybridized carbons (Fsp3) is 0.167. The number of aromatic nitrogens is 2. The molecule has 0 amide bonds. The molecule has 0 radical (unpaired) electrons. The molecule has 0 bridgehead atoms. The van der Waals surface area contributed by atoms with Crippen LogP contribution in [-0.2, 0) is 11.2 Å². The third-order valence-electron chi connectivity index (χ3n) is 2.36. The van der Waals surface area contributed by atoms with Gasteiger partial charge in [-0.15, -0.1) is 0 Å². The first kappa shape index (κ1) is 14.4. The van der Waals surface area contributed by atoms with Crippen LogP contribution in [0.5, 0.6) is 0 Å². The van der Waals surface area contributed by atoms with E-state index in [1.54, 1.807) is 6.07 Å². The smallest absolute Gasteiger partial charge is 0.224 e. The first-order chi connectivity index (χ1) is 9.11. The maximum absolute atomic E-state index is 12.0. The Morgan fingerprint density at radius 3 is 2.79 bits per heavy atom. The highest BCUT2D eigenvalue weighted by Crippen LogP contribution is 2.28. The molecule has 7 heteroatoms. The quantitative estimate of drug-likeness (QED) is 0.691. The predicted octanol–water partition coefficient (Wildman–Crippen LogP) is 3.65. The third kappa shape index (κ3) is 3.51. The molecule has 0 spiro atoms. The first-order valence-corrected chi connectivity index (χ1v) is 7.61. The van der Waals surface area contributed by atoms with Gasteiger partial charge in [-0.05, 0) is 41.8 Å². The molecule has 2 aromatic rings. The average Bonchev–Trinajstić information content (AvgIpc) is 2.42. The zero-order chi connectivity index (χ0) is 13.8. The van der Waals surface area contributed by atoms with E-state index in [0.29, 0.717) is 27.2 Å². The van der Waals surface area contributed by atoms with Crippen LogP contribution in [0.1, 0.15) is 6.92 Å². The number of hydrogen-bond donors (Lipinski definition) is 1. The summed E-state index contributed by atoms with van der Waals surface area (Å²) in [6.45, 7) is 1.86. The fourth-order valence-corrected chi connectivity index (χ4v) is 2.66. The molecular weight excluding hydrogens is 305 g/mol. The maximum atomic E-state index is 12.0. The topological polar surface area (TPSA) is 60.9 Å². The fourth-order valence-electron chi connectivity index (χ4n) is 1.48. The van der Waals surface area contributed by atoms with Crippen molar-refractivity contribution in [1.82, 2.24) is 9.97 Å². The SMILES string of the molecule is CC[S+]([O-])c1ccccc1Nc1nc(Cl)ncc1Cl. The number of benzene rings is 1. The van der Waals surface area contributed by atoms with Crippen LogP contribution in [-0.4, -0.2) is 20.3 Å². The van der Waals surface area contributed by atoms with Crippen molar-refractivity contribution in [2.75, 3.05) is 11.1 Å². The van der Waals surface area contributed by atoms with Gasteiger partial charge in [-0.3, -0.25) is 0 Å². The van der Waals surface area contributed by atoms with Crippen molar-refractivity contribution >= 4 is 45.9 Å². The minimum Gasteiger partial charge on any atom is -0.611 e. The molecule has 100 valence electrons. The van der Waals surface area contributed by atoms with Gasteiger partial charge in [-0.2, -0.15) is 4.98 Å². The van der Waals surface area contributed by atoms with Gasteiger partial charge in [0.1, 0.15) is 10.8 Å². The Hall–Kier alpha value is -1.01. The molecular formula is C12H11Cl2N3OS. The Balaban J connectivity index is 2.35. The Labute approximate surface area is 124 Å². The molecule has 1 aromatic carbocycles. The summed E-state index contributed by atoms with van der Waals surface area (Å²) in [5.74, 6) is 0.930. The van der Waals surface area contributed by atoms with Crippen LogP contribution >= 0.6 is 23.2 Å². The van der Waals surface area contributed by atoms with Crippen LogP contribution in [0.25, 0.3) is 0 Å². The summed E-state index contributed by atoms with van der Waals surface area (Å²) in [7, 11) is 0. The molecule has 1 N–H and O–H groups in total. The Morgan fingerprint density at radius 2 is 2.05 bits per heavy atom. The molecule has 4 nitrogen and oxygen atoms in total. The van der Waals surface area contributed by atoms with E-state index in [1.807, 2.05) is 25.1 Å². The highest BCUT2D eigenvalue weighted by Gasteiger charge is 2.15. The van der Waals surface area contributed by atoms with Crippen LogP contribution in [0, 0.1) is 0 Å². The number of nitrogens with zero attached hydrogens (tertiary/aromatic N) is 2. The number of nitrogens with one attached hydrogen (secondary N) is 1. The van der Waals surface area contributed by atoms with Crippen molar-refractivity contribution in [3.05, 3.63) is 40.8 Å². The number of para-hydroxylation sites is 1. The van der Waals surface area contributed by atoms with E-state index in [1.165, 1.54) is 6.20 Å². The molecule has 0 aliphatic rings. The zero-order valence-electron chi connectivity index (χ0n) is 10.1. The summed E-state index contributed by atoms with van der Waals surface area (Å²) in [4.78, 5) is 8.49. The van der Waals surface area contributed by atoms with Gasteiger partial charge in [-0.25, -0.2) is 4.98 Å². The lowest BCUT2D eigenvalue weighted by atomic mass is 10.3. The Morgan fingerprint density at radius 1 is 1.32 bits per heavy atom. The number of anilines is 2. The highest BCUT2D eigenvalue weighted by molar-refractivity contribution is 7.91. The van der Waals surface area contributed by atoms with E-state index in [0.717, 1.165) is 0 Å². The lowest BCUT2D eigenvalue weighted by molar-refractivity contribution is 0.596. The molecule has 1 aromatic heterocycles. The van der Waals surface area contributed by atoms with Crippen LogP contribution in [0.3, 0.4) is 0 Å². The van der Waals surface area contributed by atoms with E-state index in [9.17, 15) is 4.55 Å². The minimum absolute atomic E-state index is 0.0981. The molecule has 1 heterocycles. The van der Waals surface area contributed by atoms with Crippen LogP contribution in [0.2, 0.25) is 10.3 Å². The number of halogens is 2. The first-order valence-electron chi connectivity index (χ1n) is 5.54. The van der Waals surface area contributed by atoms with Gasteiger partial charge < -0.3 is 9.87 Å². The van der Waals surface area contributed by atoms with Crippen LogP contribution < -0.4 is 5.32 Å². The van der Waals surface area contributed by atoms with Crippen molar-refractivity contribution in [3.8, 4) is 0 Å². The molecule has 1 unspecified atom stereocenters. The Bertz CT molecular complexity index is 583. The van der Waals surface area contributed by atoms with Crippen LogP contribution in [0.15, 0.2) is 35.4 Å². The van der Waals surface area contributed by atoms with E-state index in [4.69, 9.17) is 23.2 Å². The zero-order valence-corrected chi connectivity index (χ0v) is 12.4. The lowest BCUT2D eigenvalue weighted by Crippen LogP contribution is -2.07. The van der Waals surface area contributed by atoms with Gasteiger partial charge in [0.15, 0.2) is 10.7 Å². The van der Waals surface area contributed by atoms with Gasteiger partial charge in [0, 0.05) is 0 Å². The maximum Gasteiger partial charge on any atom is 0.224 e. The average molecular weight is 316 g/mol. The monoisotopic (exact) mass is 315 g/mol. The molecule has 0 aliphatic heterocycles. The van der Waals surface area contributed by atoms with Crippen molar-refractivity contribution in [3.63, 3.8) is 0 Å². The van der Waals surface area contributed by atoms with Crippen molar-refractivity contribution in [2.45, 2.75) is 11.8 Å². The van der Waals surface area contributed by atoms with E-state index in [2.05, 4.69) is 15.3 Å². The van der Waals surface area contributed by atoms with Gasteiger partial charge in [-0.1, -0.05) is 23.7 Å². The molecule has 0 saturated carbocycles. The summed E-state index contributed by atoms with van der Waals surface area (Å²) < 4.78 is 12.0. The second-order valence-electron chi connectivity index (χ2n) is 3.59. The second-order valence-corrected chi connectivity index (χ2v) is 6.04. The second kappa shape index (κ2) is 6.43. The molecule has 2 rings (SSSR count). The van der Waals surface area contributed by atoms with Gasteiger partial charge in [0.2, 0.25) is 5.28 Å². The molecule has 0 aliphatic carbocycles. The largest absolute Gasteiger partial charge is 0.611 e. The van der Waals surface area contributed by atoms with Crippen LogP contribution in [0.4, 0.5) is 11.5 Å². The molecule has 1 atom stereocenters. The summed E-state index contributed by atoms with van der Waals surface area (Å²) in [6, 6.07) is 7.30. The van der Waals surface area contributed by atoms with Gasteiger partial charge >= 0.3 is 0 Å². The third-order valence-corrected chi connectivity index (χ3v) is 4.19. The minimum atomic E-state index is -1.07. The Kier molecular flexibility index (Phi) is 4.87. The van der Waals surface area contributed by atoms with E-state index in [-0.39, 0.29) is 5.28 Å². The van der Waals surface area contributed by atoms with Crippen molar-refractivity contribution in [2.24, 2.45) is 0 Å². The van der Waals surface area contributed by atoms with Gasteiger partial charge in [0.05, 0.1) is 11.9 Å². The lowest BCUT2D eigenvalue weighted by Gasteiger charge is -2.14. The molecule has 0 fully saturated rings. The van der Waals surface area contributed by atoms with Crippen molar-refractivity contribution in [1.29, 1.82) is 0 Å². The predicted molar refractivity (Wildman–Crippen MR) is 78.7 cm³/mol. The normalized spacial score (nSPS) is 12.2. The van der Waals surface area contributed by atoms with Crippen molar-refractivity contribution < 1.29 is 4.55 Å². The molecule has 19 heavy (non-hydrogen) atoms. The summed E-state index contributed by atoms with van der Waals surface area (Å²) in [5.41, 5.74) is 0.694. The van der Waals surface area contributed by atoms with Gasteiger partial charge in [0.25, 0.3) is 0 Å². The van der Waals surface area contributed by atoms with E-state index >= 15 is 0 Å². The summed E-state index contributed by atoms with van der Waals surface area (Å²) >= 11 is 10.7. The summed E-state index contributed by atoms with van der Waals surface area (Å²) in [5, 5.41) is 3.48. The summed E-state index contributed by atoms with van der Waals surface area (Å²) in [6.07, 6.45) is 1.42. The highest BCUT2D eigenvalue weighted by atomic mass is 35.5. The number of hydrogen-bond acceptors (Lipinski definition) is 4. The standard InChI is InChI=1S/C12H11Cl2N3OS/c1-2-19(18)10-6-4-3-5-9(10)16-11-8(13)7-15-12(14)17-11/h3-7H,2H2,1H3,(H,15,16,17). The number of rotatable bonds is 4. The van der Waals surface area contributed by atoms with E-state index < -0.39 is 11.2 Å². The molecule has 0 saturated heterocycles.